The van der Waals surface area contributed by atoms with Gasteiger partial charge in [-0.2, -0.15) is 18.3 Å². The SMILES string of the molecule is CC(C)Cc1n[nH]c2c1C(c1cccc(C(F)(F)F)c1)N(CCN1CCCC1)C2=O. The van der Waals surface area contributed by atoms with Gasteiger partial charge in [0.25, 0.3) is 5.91 Å². The van der Waals surface area contributed by atoms with E-state index in [2.05, 4.69) is 28.9 Å². The van der Waals surface area contributed by atoms with E-state index in [4.69, 9.17) is 0 Å². The Morgan fingerprint density at radius 2 is 1.93 bits per heavy atom. The van der Waals surface area contributed by atoms with E-state index in [1.54, 1.807) is 11.0 Å². The Bertz CT molecular complexity index is 915. The zero-order valence-corrected chi connectivity index (χ0v) is 17.3. The number of carbonyl (C=O) groups excluding carboxylic acids is 1. The molecule has 1 aromatic carbocycles. The molecule has 1 amide bonds. The van der Waals surface area contributed by atoms with Crippen molar-refractivity contribution in [1.82, 2.24) is 20.0 Å². The molecule has 2 aliphatic heterocycles. The first kappa shape index (κ1) is 20.9. The van der Waals surface area contributed by atoms with Gasteiger partial charge in [0.15, 0.2) is 0 Å². The summed E-state index contributed by atoms with van der Waals surface area (Å²) < 4.78 is 40.1. The van der Waals surface area contributed by atoms with Crippen molar-refractivity contribution >= 4 is 5.91 Å². The number of nitrogens with zero attached hydrogens (tertiary/aromatic N) is 3. The van der Waals surface area contributed by atoms with Gasteiger partial charge in [0.1, 0.15) is 5.69 Å². The second kappa shape index (κ2) is 8.06. The number of hydrogen-bond donors (Lipinski definition) is 1. The maximum Gasteiger partial charge on any atom is 0.416 e. The summed E-state index contributed by atoms with van der Waals surface area (Å²) in [6.07, 6.45) is -1.48. The van der Waals surface area contributed by atoms with Crippen LogP contribution in [0.4, 0.5) is 13.2 Å². The number of benzene rings is 1. The Kier molecular flexibility index (Phi) is 5.61. The number of nitrogens with one attached hydrogen (secondary N) is 1. The molecule has 2 aliphatic rings. The van der Waals surface area contributed by atoms with Gasteiger partial charge in [-0.05, 0) is 56.0 Å². The van der Waals surface area contributed by atoms with Gasteiger partial charge >= 0.3 is 6.18 Å². The molecule has 3 heterocycles. The molecule has 0 radical (unpaired) electrons. The fourth-order valence-electron chi connectivity index (χ4n) is 4.52. The molecular weight excluding hydrogens is 393 g/mol. The van der Waals surface area contributed by atoms with Crippen molar-refractivity contribution in [3.63, 3.8) is 0 Å². The zero-order chi connectivity index (χ0) is 21.5. The average molecular weight is 420 g/mol. The lowest BCUT2D eigenvalue weighted by molar-refractivity contribution is -0.137. The molecule has 8 heteroatoms. The van der Waals surface area contributed by atoms with Gasteiger partial charge in [-0.3, -0.25) is 9.89 Å². The third kappa shape index (κ3) is 3.97. The molecule has 1 atom stereocenters. The molecule has 0 spiro atoms. The van der Waals surface area contributed by atoms with Crippen LogP contribution in [0, 0.1) is 5.92 Å². The van der Waals surface area contributed by atoms with Crippen LogP contribution in [0.2, 0.25) is 0 Å². The maximum atomic E-state index is 13.4. The van der Waals surface area contributed by atoms with E-state index < -0.39 is 17.8 Å². The van der Waals surface area contributed by atoms with E-state index in [-0.39, 0.29) is 5.91 Å². The third-order valence-electron chi connectivity index (χ3n) is 5.93. The van der Waals surface area contributed by atoms with E-state index in [0.717, 1.165) is 49.8 Å². The monoisotopic (exact) mass is 420 g/mol. The molecule has 1 fully saturated rings. The van der Waals surface area contributed by atoms with E-state index in [0.29, 0.717) is 30.1 Å². The lowest BCUT2D eigenvalue weighted by Gasteiger charge is -2.29. The maximum absolute atomic E-state index is 13.4. The van der Waals surface area contributed by atoms with Crippen LogP contribution in [-0.2, 0) is 12.6 Å². The third-order valence-corrected chi connectivity index (χ3v) is 5.93. The van der Waals surface area contributed by atoms with E-state index >= 15 is 0 Å². The molecule has 1 unspecified atom stereocenters. The molecule has 2 aromatic rings. The molecule has 0 bridgehead atoms. The first-order valence-electron chi connectivity index (χ1n) is 10.5. The van der Waals surface area contributed by atoms with Gasteiger partial charge < -0.3 is 9.80 Å². The number of rotatable bonds is 6. The summed E-state index contributed by atoms with van der Waals surface area (Å²) in [7, 11) is 0. The van der Waals surface area contributed by atoms with E-state index in [9.17, 15) is 18.0 Å². The van der Waals surface area contributed by atoms with Crippen molar-refractivity contribution in [2.24, 2.45) is 5.92 Å². The molecule has 1 aromatic heterocycles. The van der Waals surface area contributed by atoms with Crippen LogP contribution < -0.4 is 0 Å². The first-order valence-corrected chi connectivity index (χ1v) is 10.5. The smallest absolute Gasteiger partial charge is 0.325 e. The fourth-order valence-corrected chi connectivity index (χ4v) is 4.52. The molecule has 1 N–H and O–H groups in total. The van der Waals surface area contributed by atoms with Crippen LogP contribution in [0.3, 0.4) is 0 Å². The summed E-state index contributed by atoms with van der Waals surface area (Å²) in [5.41, 5.74) is 1.68. The number of halogens is 3. The van der Waals surface area contributed by atoms with Crippen molar-refractivity contribution in [2.45, 2.75) is 45.3 Å². The first-order chi connectivity index (χ1) is 14.3. The molecular formula is C22H27F3N4O. The van der Waals surface area contributed by atoms with E-state index in [1.807, 2.05) is 0 Å². The quantitative estimate of drug-likeness (QED) is 0.760. The van der Waals surface area contributed by atoms with Crippen molar-refractivity contribution in [3.8, 4) is 0 Å². The number of aromatic nitrogens is 2. The predicted octanol–water partition coefficient (Wildman–Crippen LogP) is 4.27. The Morgan fingerprint density at radius 1 is 1.20 bits per heavy atom. The predicted molar refractivity (Wildman–Crippen MR) is 107 cm³/mol. The van der Waals surface area contributed by atoms with Crippen molar-refractivity contribution < 1.29 is 18.0 Å². The highest BCUT2D eigenvalue weighted by Crippen LogP contribution is 2.41. The van der Waals surface area contributed by atoms with Crippen LogP contribution in [0.15, 0.2) is 24.3 Å². The highest BCUT2D eigenvalue weighted by atomic mass is 19.4. The molecule has 0 aliphatic carbocycles. The minimum Gasteiger partial charge on any atom is -0.325 e. The number of likely N-dealkylation sites (tertiary alicyclic amines) is 1. The number of fused-ring (bicyclic) bond motifs is 1. The van der Waals surface area contributed by atoms with E-state index in [1.165, 1.54) is 12.1 Å². The Labute approximate surface area is 174 Å². The normalized spacial score (nSPS) is 19.9. The lowest BCUT2D eigenvalue weighted by atomic mass is 9.94. The van der Waals surface area contributed by atoms with Crippen LogP contribution >= 0.6 is 0 Å². The summed E-state index contributed by atoms with van der Waals surface area (Å²) in [5, 5.41) is 7.21. The number of hydrogen-bond acceptors (Lipinski definition) is 3. The average Bonchev–Trinajstić information content (AvgIpc) is 3.39. The summed E-state index contributed by atoms with van der Waals surface area (Å²) in [6, 6.07) is 4.78. The minimum atomic E-state index is -4.43. The fraction of sp³-hybridized carbons (Fsp3) is 0.545. The standard InChI is InChI=1S/C22H27F3N4O/c1-14(2)12-17-18-19(27-26-17)21(30)29(11-10-28-8-3-4-9-28)20(18)15-6-5-7-16(13-15)22(23,24)25/h5-7,13-14,20H,3-4,8-12H2,1-2H3,(H,26,27). The summed E-state index contributed by atoms with van der Waals surface area (Å²) in [6.45, 7) is 7.32. The molecule has 4 rings (SSSR count). The van der Waals surface area contributed by atoms with Crippen LogP contribution in [0.1, 0.15) is 65.6 Å². The number of amides is 1. The van der Waals surface area contributed by atoms with Gasteiger partial charge in [0, 0.05) is 18.7 Å². The largest absolute Gasteiger partial charge is 0.416 e. The number of alkyl halides is 3. The Balaban J connectivity index is 1.72. The second-order valence-electron chi connectivity index (χ2n) is 8.63. The van der Waals surface area contributed by atoms with Crippen molar-refractivity contribution in [3.05, 3.63) is 52.3 Å². The number of carbonyl (C=O) groups is 1. The van der Waals surface area contributed by atoms with Gasteiger partial charge in [0.2, 0.25) is 0 Å². The Morgan fingerprint density at radius 3 is 2.60 bits per heavy atom. The molecule has 5 nitrogen and oxygen atoms in total. The van der Waals surface area contributed by atoms with Crippen molar-refractivity contribution in [1.29, 1.82) is 0 Å². The van der Waals surface area contributed by atoms with Gasteiger partial charge in [0.05, 0.1) is 17.3 Å². The van der Waals surface area contributed by atoms with Crippen LogP contribution in [0.25, 0.3) is 0 Å². The van der Waals surface area contributed by atoms with Gasteiger partial charge in [-0.25, -0.2) is 0 Å². The van der Waals surface area contributed by atoms with Crippen molar-refractivity contribution in [2.75, 3.05) is 26.2 Å². The second-order valence-corrected chi connectivity index (χ2v) is 8.63. The molecule has 1 saturated heterocycles. The molecule has 162 valence electrons. The summed E-state index contributed by atoms with van der Waals surface area (Å²) >= 11 is 0. The highest BCUT2D eigenvalue weighted by molar-refractivity contribution is 5.98. The number of aromatic amines is 1. The molecule has 0 saturated carbocycles. The molecule has 30 heavy (non-hydrogen) atoms. The van der Waals surface area contributed by atoms with Gasteiger partial charge in [-0.15, -0.1) is 0 Å². The van der Waals surface area contributed by atoms with Crippen LogP contribution in [-0.4, -0.2) is 52.1 Å². The zero-order valence-electron chi connectivity index (χ0n) is 17.3. The van der Waals surface area contributed by atoms with Gasteiger partial charge in [-0.1, -0.05) is 26.0 Å². The number of H-pyrrole nitrogens is 1. The van der Waals surface area contributed by atoms with Crippen LogP contribution in [0.5, 0.6) is 0 Å². The topological polar surface area (TPSA) is 52.2 Å². The minimum absolute atomic E-state index is 0.186. The lowest BCUT2D eigenvalue weighted by Crippen LogP contribution is -2.37. The summed E-state index contributed by atoms with van der Waals surface area (Å²) in [4.78, 5) is 17.2. The Hall–Kier alpha value is -2.35. The summed E-state index contributed by atoms with van der Waals surface area (Å²) in [5.74, 6) is 0.127. The highest BCUT2D eigenvalue weighted by Gasteiger charge is 2.42.